The van der Waals surface area contributed by atoms with Crippen molar-refractivity contribution < 1.29 is 8.42 Å². The summed E-state index contributed by atoms with van der Waals surface area (Å²) in [4.78, 5) is 7.81. The van der Waals surface area contributed by atoms with Crippen LogP contribution in [-0.2, 0) is 16.4 Å². The molecule has 0 N–H and O–H groups in total. The molecule has 0 saturated heterocycles. The van der Waals surface area contributed by atoms with Crippen LogP contribution in [0.5, 0.6) is 0 Å². The van der Waals surface area contributed by atoms with E-state index in [1.165, 1.54) is 10.9 Å². The van der Waals surface area contributed by atoms with Gasteiger partial charge in [-0.1, -0.05) is 0 Å². The third kappa shape index (κ3) is 2.48. The van der Waals surface area contributed by atoms with Crippen molar-refractivity contribution in [3.8, 4) is 0 Å². The van der Waals surface area contributed by atoms with Gasteiger partial charge in [-0.05, 0) is 11.6 Å². The van der Waals surface area contributed by atoms with E-state index in [0.29, 0.717) is 5.65 Å². The lowest BCUT2D eigenvalue weighted by Gasteiger charge is -2.01. The van der Waals surface area contributed by atoms with Gasteiger partial charge in [-0.25, -0.2) is 18.1 Å². The second kappa shape index (κ2) is 3.99. The van der Waals surface area contributed by atoms with Gasteiger partial charge in [0.15, 0.2) is 5.65 Å². The Bertz CT molecular complexity index is 622. The predicted octanol–water partition coefficient (Wildman–Crippen LogP) is 0.524. The summed E-state index contributed by atoms with van der Waals surface area (Å²) in [6, 6.07) is 0. The smallest absolute Gasteiger partial charge is 0.224 e. The maximum atomic E-state index is 11.0. The molecule has 2 aromatic heterocycles. The van der Waals surface area contributed by atoms with E-state index in [1.54, 1.807) is 12.4 Å². The van der Waals surface area contributed by atoms with E-state index < -0.39 is 9.84 Å². The molecular formula is C8H9ClN4O2S. The fraction of sp³-hybridized carbons (Fsp3) is 0.375. The largest absolute Gasteiger partial charge is 0.246 e. The van der Waals surface area contributed by atoms with Crippen molar-refractivity contribution in [2.45, 2.75) is 6.54 Å². The summed E-state index contributed by atoms with van der Waals surface area (Å²) in [6.07, 6.45) is 4.31. The topological polar surface area (TPSA) is 77.7 Å². The van der Waals surface area contributed by atoms with Crippen molar-refractivity contribution in [1.29, 1.82) is 0 Å². The Morgan fingerprint density at radius 3 is 2.88 bits per heavy atom. The van der Waals surface area contributed by atoms with Crippen molar-refractivity contribution in [3.05, 3.63) is 17.7 Å². The molecule has 86 valence electrons. The van der Waals surface area contributed by atoms with Crippen LogP contribution in [0.25, 0.3) is 11.0 Å². The molecule has 0 fully saturated rings. The third-order valence-electron chi connectivity index (χ3n) is 2.02. The van der Waals surface area contributed by atoms with Gasteiger partial charge in [-0.2, -0.15) is 10.1 Å². The summed E-state index contributed by atoms with van der Waals surface area (Å²) >= 11 is 5.66. The summed E-state index contributed by atoms with van der Waals surface area (Å²) in [6.45, 7) is 0.260. The number of hydrogen-bond acceptors (Lipinski definition) is 5. The zero-order valence-electron chi connectivity index (χ0n) is 8.46. The first-order valence-corrected chi connectivity index (χ1v) is 6.91. The Hall–Kier alpha value is -1.21. The second-order valence-corrected chi connectivity index (χ2v) is 6.01. The third-order valence-corrected chi connectivity index (χ3v) is 3.13. The van der Waals surface area contributed by atoms with E-state index in [-0.39, 0.29) is 17.6 Å². The van der Waals surface area contributed by atoms with Gasteiger partial charge in [0.2, 0.25) is 5.28 Å². The number of hydrogen-bond donors (Lipinski definition) is 0. The first-order chi connectivity index (χ1) is 7.46. The normalized spacial score (nSPS) is 12.1. The standard InChI is InChI=1S/C8H9ClN4O2S/c1-16(14,15)3-2-13-7-6(5-11-13)4-10-8(9)12-7/h4-5H,2-3H2,1H3. The molecule has 0 aliphatic carbocycles. The molecule has 0 unspecified atom stereocenters. The SMILES string of the molecule is CS(=O)(=O)CCn1ncc2cnc(Cl)nc21. The minimum atomic E-state index is -3.02. The van der Waals surface area contributed by atoms with Crippen LogP contribution >= 0.6 is 11.6 Å². The highest BCUT2D eigenvalue weighted by Crippen LogP contribution is 2.12. The average molecular weight is 261 g/mol. The van der Waals surface area contributed by atoms with Gasteiger partial charge >= 0.3 is 0 Å². The van der Waals surface area contributed by atoms with Crippen LogP contribution in [0.4, 0.5) is 0 Å². The average Bonchev–Trinajstić information content (AvgIpc) is 2.56. The van der Waals surface area contributed by atoms with E-state index in [1.807, 2.05) is 0 Å². The second-order valence-electron chi connectivity index (χ2n) is 3.42. The summed E-state index contributed by atoms with van der Waals surface area (Å²) in [5.74, 6) is 0.0192. The van der Waals surface area contributed by atoms with Crippen LogP contribution in [0.1, 0.15) is 0 Å². The Morgan fingerprint density at radius 2 is 2.19 bits per heavy atom. The van der Waals surface area contributed by atoms with E-state index in [9.17, 15) is 8.42 Å². The highest BCUT2D eigenvalue weighted by Gasteiger charge is 2.08. The first-order valence-electron chi connectivity index (χ1n) is 4.47. The molecule has 0 amide bonds. The van der Waals surface area contributed by atoms with Crippen LogP contribution in [0.3, 0.4) is 0 Å². The van der Waals surface area contributed by atoms with Gasteiger partial charge in [0.1, 0.15) is 9.84 Å². The number of aromatic nitrogens is 4. The number of fused-ring (bicyclic) bond motifs is 1. The fourth-order valence-corrected chi connectivity index (χ4v) is 1.90. The molecule has 0 atom stereocenters. The van der Waals surface area contributed by atoms with Crippen molar-refractivity contribution in [2.75, 3.05) is 12.0 Å². The predicted molar refractivity (Wildman–Crippen MR) is 60.0 cm³/mol. The highest BCUT2D eigenvalue weighted by molar-refractivity contribution is 7.90. The molecule has 0 saturated carbocycles. The molecule has 2 rings (SSSR count). The van der Waals surface area contributed by atoms with E-state index in [4.69, 9.17) is 11.6 Å². The van der Waals surface area contributed by atoms with Crippen molar-refractivity contribution in [2.24, 2.45) is 0 Å². The summed E-state index contributed by atoms with van der Waals surface area (Å²) < 4.78 is 23.6. The number of aryl methyl sites for hydroxylation is 1. The Balaban J connectivity index is 2.34. The molecular weight excluding hydrogens is 252 g/mol. The van der Waals surface area contributed by atoms with Crippen molar-refractivity contribution in [3.63, 3.8) is 0 Å². The number of nitrogens with zero attached hydrogens (tertiary/aromatic N) is 4. The number of halogens is 1. The molecule has 8 heteroatoms. The molecule has 6 nitrogen and oxygen atoms in total. The van der Waals surface area contributed by atoms with E-state index in [0.717, 1.165) is 5.39 Å². The maximum absolute atomic E-state index is 11.0. The van der Waals surface area contributed by atoms with Gasteiger partial charge < -0.3 is 0 Å². The minimum Gasteiger partial charge on any atom is -0.246 e. The van der Waals surface area contributed by atoms with Gasteiger partial charge in [0.05, 0.1) is 23.9 Å². The van der Waals surface area contributed by atoms with Gasteiger partial charge in [0, 0.05) is 12.5 Å². The summed E-state index contributed by atoms with van der Waals surface area (Å²) in [5, 5.41) is 4.88. The monoisotopic (exact) mass is 260 g/mol. The molecule has 0 radical (unpaired) electrons. The molecule has 0 aliphatic heterocycles. The quantitative estimate of drug-likeness (QED) is 0.752. The van der Waals surface area contributed by atoms with Gasteiger partial charge in [-0.15, -0.1) is 0 Å². The number of rotatable bonds is 3. The lowest BCUT2D eigenvalue weighted by Crippen LogP contribution is -2.12. The molecule has 0 spiro atoms. The molecule has 2 heterocycles. The van der Waals surface area contributed by atoms with E-state index >= 15 is 0 Å². The zero-order valence-corrected chi connectivity index (χ0v) is 10.0. The van der Waals surface area contributed by atoms with Gasteiger partial charge in [-0.3, -0.25) is 0 Å². The lowest BCUT2D eigenvalue weighted by atomic mass is 10.4. The molecule has 16 heavy (non-hydrogen) atoms. The highest BCUT2D eigenvalue weighted by atomic mass is 35.5. The van der Waals surface area contributed by atoms with Crippen molar-refractivity contribution in [1.82, 2.24) is 19.7 Å². The van der Waals surface area contributed by atoms with Gasteiger partial charge in [0.25, 0.3) is 0 Å². The van der Waals surface area contributed by atoms with Crippen molar-refractivity contribution >= 4 is 32.5 Å². The zero-order chi connectivity index (χ0) is 11.8. The molecule has 0 bridgehead atoms. The van der Waals surface area contributed by atoms with Crippen LogP contribution in [0.2, 0.25) is 5.28 Å². The maximum Gasteiger partial charge on any atom is 0.224 e. The first kappa shape index (κ1) is 11.3. The van der Waals surface area contributed by atoms with Crippen LogP contribution < -0.4 is 0 Å². The van der Waals surface area contributed by atoms with Crippen LogP contribution in [-0.4, -0.2) is 40.2 Å². The van der Waals surface area contributed by atoms with Crippen LogP contribution in [0, 0.1) is 0 Å². The minimum absolute atomic E-state index is 0.0192. The summed E-state index contributed by atoms with van der Waals surface area (Å²) in [5.41, 5.74) is 0.545. The molecule has 0 aliphatic rings. The Kier molecular flexibility index (Phi) is 2.81. The molecule has 2 aromatic rings. The van der Waals surface area contributed by atoms with Crippen LogP contribution in [0.15, 0.2) is 12.4 Å². The Morgan fingerprint density at radius 1 is 1.44 bits per heavy atom. The number of sulfone groups is 1. The lowest BCUT2D eigenvalue weighted by molar-refractivity contribution is 0.588. The fourth-order valence-electron chi connectivity index (χ4n) is 1.26. The Labute approximate surface area is 97.2 Å². The summed E-state index contributed by atoms with van der Waals surface area (Å²) in [7, 11) is -3.02. The molecule has 0 aromatic carbocycles. The van der Waals surface area contributed by atoms with E-state index in [2.05, 4.69) is 15.1 Å².